The van der Waals surface area contributed by atoms with Gasteiger partial charge in [0.05, 0.1) is 0 Å². The zero-order valence-corrected chi connectivity index (χ0v) is 11.6. The molecular formula is C13H22N2OS. The molecule has 3 nitrogen and oxygen atoms in total. The standard InChI is InChI=1S/C13H22N2OS/c1-3-8-14-9-11-10-15-12(17-11)13(16-2)6-4-5-7-13/h10,14H,3-9H2,1-2H3. The Bertz CT molecular complexity index is 345. The molecule has 0 aromatic carbocycles. The quantitative estimate of drug-likeness (QED) is 0.792. The van der Waals surface area contributed by atoms with Crippen LogP contribution in [-0.4, -0.2) is 18.6 Å². The maximum Gasteiger partial charge on any atom is 0.125 e. The number of methoxy groups -OCH3 is 1. The molecule has 1 aromatic rings. The van der Waals surface area contributed by atoms with Crippen LogP contribution in [0.1, 0.15) is 48.9 Å². The van der Waals surface area contributed by atoms with Crippen LogP contribution in [0.2, 0.25) is 0 Å². The number of ether oxygens (including phenoxy) is 1. The van der Waals surface area contributed by atoms with Crippen LogP contribution < -0.4 is 5.32 Å². The Balaban J connectivity index is 2.01. The van der Waals surface area contributed by atoms with Gasteiger partial charge in [-0.25, -0.2) is 4.98 Å². The molecule has 1 aliphatic carbocycles. The first kappa shape index (κ1) is 13.0. The number of thiazole rings is 1. The molecule has 0 unspecified atom stereocenters. The molecule has 96 valence electrons. The zero-order chi connectivity index (χ0) is 12.1. The van der Waals surface area contributed by atoms with Gasteiger partial charge in [-0.15, -0.1) is 11.3 Å². The Morgan fingerprint density at radius 1 is 1.47 bits per heavy atom. The van der Waals surface area contributed by atoms with Gasteiger partial charge in [0, 0.05) is 24.7 Å². The van der Waals surface area contributed by atoms with Crippen molar-refractivity contribution in [3.8, 4) is 0 Å². The van der Waals surface area contributed by atoms with Gasteiger partial charge in [0.2, 0.25) is 0 Å². The lowest BCUT2D eigenvalue weighted by Crippen LogP contribution is -2.23. The monoisotopic (exact) mass is 254 g/mol. The largest absolute Gasteiger partial charge is 0.371 e. The molecule has 0 radical (unpaired) electrons. The molecule has 1 saturated carbocycles. The normalized spacial score (nSPS) is 18.7. The van der Waals surface area contributed by atoms with Crippen LogP contribution in [0, 0.1) is 0 Å². The molecule has 1 aliphatic rings. The van der Waals surface area contributed by atoms with Crippen molar-refractivity contribution in [1.82, 2.24) is 10.3 Å². The van der Waals surface area contributed by atoms with Crippen molar-refractivity contribution in [2.75, 3.05) is 13.7 Å². The molecule has 4 heteroatoms. The molecule has 0 aliphatic heterocycles. The highest BCUT2D eigenvalue weighted by atomic mass is 32.1. The molecule has 1 aromatic heterocycles. The molecule has 0 bridgehead atoms. The van der Waals surface area contributed by atoms with Gasteiger partial charge in [0.25, 0.3) is 0 Å². The van der Waals surface area contributed by atoms with Crippen molar-refractivity contribution < 1.29 is 4.74 Å². The summed E-state index contributed by atoms with van der Waals surface area (Å²) in [5.41, 5.74) is -0.0757. The van der Waals surface area contributed by atoms with E-state index in [0.29, 0.717) is 0 Å². The predicted octanol–water partition coefficient (Wildman–Crippen LogP) is 3.06. The lowest BCUT2D eigenvalue weighted by molar-refractivity contribution is -0.00885. The Labute approximate surface area is 108 Å². The third kappa shape index (κ3) is 2.87. The third-order valence-electron chi connectivity index (χ3n) is 3.47. The van der Waals surface area contributed by atoms with Gasteiger partial charge >= 0.3 is 0 Å². The van der Waals surface area contributed by atoms with E-state index in [0.717, 1.165) is 25.9 Å². The highest BCUT2D eigenvalue weighted by Gasteiger charge is 2.38. The lowest BCUT2D eigenvalue weighted by atomic mass is 10.0. The minimum atomic E-state index is -0.0757. The van der Waals surface area contributed by atoms with Crippen LogP contribution in [-0.2, 0) is 16.9 Å². The van der Waals surface area contributed by atoms with Crippen LogP contribution in [0.25, 0.3) is 0 Å². The van der Waals surface area contributed by atoms with Crippen molar-refractivity contribution in [3.05, 3.63) is 16.1 Å². The minimum Gasteiger partial charge on any atom is -0.371 e. The number of hydrogen-bond acceptors (Lipinski definition) is 4. The van der Waals surface area contributed by atoms with Crippen LogP contribution >= 0.6 is 11.3 Å². The SMILES string of the molecule is CCCNCc1cnc(C2(OC)CCCC2)s1. The van der Waals surface area contributed by atoms with Crippen molar-refractivity contribution in [2.24, 2.45) is 0 Å². The Kier molecular flexibility index (Phi) is 4.54. The van der Waals surface area contributed by atoms with Gasteiger partial charge < -0.3 is 10.1 Å². The second-order valence-electron chi connectivity index (χ2n) is 4.71. The molecule has 0 atom stereocenters. The van der Waals surface area contributed by atoms with Crippen LogP contribution in [0.3, 0.4) is 0 Å². The van der Waals surface area contributed by atoms with E-state index >= 15 is 0 Å². The summed E-state index contributed by atoms with van der Waals surface area (Å²) in [6.45, 7) is 4.19. The maximum atomic E-state index is 5.75. The van der Waals surface area contributed by atoms with Crippen LogP contribution in [0.15, 0.2) is 6.20 Å². The molecule has 0 saturated heterocycles. The lowest BCUT2D eigenvalue weighted by Gasteiger charge is -2.24. The van der Waals surface area contributed by atoms with E-state index in [1.807, 2.05) is 13.3 Å². The van der Waals surface area contributed by atoms with Crippen molar-refractivity contribution >= 4 is 11.3 Å². The highest BCUT2D eigenvalue weighted by Crippen LogP contribution is 2.43. The first-order valence-corrected chi connectivity index (χ1v) is 7.33. The van der Waals surface area contributed by atoms with E-state index in [1.54, 1.807) is 11.3 Å². The predicted molar refractivity (Wildman–Crippen MR) is 71.3 cm³/mol. The fraction of sp³-hybridized carbons (Fsp3) is 0.769. The second kappa shape index (κ2) is 5.94. The summed E-state index contributed by atoms with van der Waals surface area (Å²) in [6, 6.07) is 0. The fourth-order valence-electron chi connectivity index (χ4n) is 2.44. The van der Waals surface area contributed by atoms with Crippen LogP contribution in [0.5, 0.6) is 0 Å². The zero-order valence-electron chi connectivity index (χ0n) is 10.8. The van der Waals surface area contributed by atoms with Gasteiger partial charge in [-0.05, 0) is 25.8 Å². The van der Waals surface area contributed by atoms with Gasteiger partial charge in [-0.3, -0.25) is 0 Å². The number of rotatable bonds is 6. The number of nitrogens with one attached hydrogen (secondary N) is 1. The van der Waals surface area contributed by atoms with Gasteiger partial charge in [0.1, 0.15) is 10.6 Å². The van der Waals surface area contributed by atoms with E-state index < -0.39 is 0 Å². The maximum absolute atomic E-state index is 5.75. The smallest absolute Gasteiger partial charge is 0.125 e. The minimum absolute atomic E-state index is 0.0757. The van der Waals surface area contributed by atoms with Crippen molar-refractivity contribution in [3.63, 3.8) is 0 Å². The summed E-state index contributed by atoms with van der Waals surface area (Å²) in [4.78, 5) is 5.89. The topological polar surface area (TPSA) is 34.2 Å². The molecular weight excluding hydrogens is 232 g/mol. The van der Waals surface area contributed by atoms with Gasteiger partial charge in [0.15, 0.2) is 0 Å². The number of nitrogens with zero attached hydrogens (tertiary/aromatic N) is 1. The Morgan fingerprint density at radius 2 is 2.24 bits per heavy atom. The first-order valence-electron chi connectivity index (χ1n) is 6.52. The van der Waals surface area contributed by atoms with E-state index in [2.05, 4.69) is 17.2 Å². The summed E-state index contributed by atoms with van der Waals surface area (Å²) in [7, 11) is 1.82. The van der Waals surface area contributed by atoms with E-state index in [-0.39, 0.29) is 5.60 Å². The van der Waals surface area contributed by atoms with Crippen LogP contribution in [0.4, 0.5) is 0 Å². The second-order valence-corrected chi connectivity index (χ2v) is 5.83. The number of aromatic nitrogens is 1. The molecule has 1 N–H and O–H groups in total. The van der Waals surface area contributed by atoms with Crippen molar-refractivity contribution in [2.45, 2.75) is 51.2 Å². The molecule has 1 heterocycles. The number of hydrogen-bond donors (Lipinski definition) is 1. The molecule has 2 rings (SSSR count). The van der Waals surface area contributed by atoms with E-state index in [9.17, 15) is 0 Å². The van der Waals surface area contributed by atoms with E-state index in [1.165, 1.54) is 29.1 Å². The summed E-state index contributed by atoms with van der Waals surface area (Å²) >= 11 is 1.81. The van der Waals surface area contributed by atoms with Crippen molar-refractivity contribution in [1.29, 1.82) is 0 Å². The van der Waals surface area contributed by atoms with Gasteiger partial charge in [-0.2, -0.15) is 0 Å². The third-order valence-corrected chi connectivity index (χ3v) is 4.65. The van der Waals surface area contributed by atoms with Gasteiger partial charge in [-0.1, -0.05) is 19.8 Å². The molecule has 0 spiro atoms. The Hall–Kier alpha value is -0.450. The Morgan fingerprint density at radius 3 is 2.88 bits per heavy atom. The molecule has 1 fully saturated rings. The fourth-order valence-corrected chi connectivity index (χ4v) is 3.55. The molecule has 17 heavy (non-hydrogen) atoms. The average Bonchev–Trinajstić information content (AvgIpc) is 2.98. The summed E-state index contributed by atoms with van der Waals surface area (Å²) < 4.78 is 5.75. The summed E-state index contributed by atoms with van der Waals surface area (Å²) in [5, 5.41) is 4.59. The van der Waals surface area contributed by atoms with E-state index in [4.69, 9.17) is 4.74 Å². The summed E-state index contributed by atoms with van der Waals surface area (Å²) in [6.07, 6.45) is 7.95. The summed E-state index contributed by atoms with van der Waals surface area (Å²) in [5.74, 6) is 0. The molecule has 0 amide bonds. The highest BCUT2D eigenvalue weighted by molar-refractivity contribution is 7.11. The average molecular weight is 254 g/mol. The first-order chi connectivity index (χ1) is 8.30.